The van der Waals surface area contributed by atoms with Crippen LogP contribution < -0.4 is 5.32 Å². The van der Waals surface area contributed by atoms with E-state index >= 15 is 0 Å². The maximum atomic E-state index is 12.9. The van der Waals surface area contributed by atoms with Gasteiger partial charge in [0, 0.05) is 5.56 Å². The third kappa shape index (κ3) is 4.84. The standard InChI is InChI=1S/C26H24N2O2/c1-19-23(28-26(30-19)22-15-9-4-10-16-22)18-25(29)27-24(21-13-7-3-8-14-21)17-20-11-5-2-6-12-20/h2-16,24H,17-18H2,1H3,(H,27,29). The number of nitrogens with zero attached hydrogens (tertiary/aromatic N) is 1. The summed E-state index contributed by atoms with van der Waals surface area (Å²) in [7, 11) is 0. The highest BCUT2D eigenvalue weighted by atomic mass is 16.4. The van der Waals surface area contributed by atoms with Crippen LogP contribution in [0.15, 0.2) is 95.4 Å². The van der Waals surface area contributed by atoms with Crippen molar-refractivity contribution >= 4 is 5.91 Å². The number of hydrogen-bond acceptors (Lipinski definition) is 3. The van der Waals surface area contributed by atoms with Crippen molar-refractivity contribution < 1.29 is 9.21 Å². The molecule has 4 rings (SSSR count). The van der Waals surface area contributed by atoms with E-state index in [1.807, 2.05) is 85.8 Å². The van der Waals surface area contributed by atoms with Gasteiger partial charge in [-0.05, 0) is 36.6 Å². The second-order valence-corrected chi connectivity index (χ2v) is 7.29. The highest BCUT2D eigenvalue weighted by molar-refractivity contribution is 5.79. The fourth-order valence-corrected chi connectivity index (χ4v) is 3.48. The van der Waals surface area contributed by atoms with E-state index in [2.05, 4.69) is 22.4 Å². The highest BCUT2D eigenvalue weighted by Crippen LogP contribution is 2.23. The molecule has 0 aliphatic carbocycles. The number of aryl methyl sites for hydroxylation is 1. The fraction of sp³-hybridized carbons (Fsp3) is 0.154. The fourth-order valence-electron chi connectivity index (χ4n) is 3.48. The maximum absolute atomic E-state index is 12.9. The molecular weight excluding hydrogens is 372 g/mol. The van der Waals surface area contributed by atoms with Gasteiger partial charge in [-0.25, -0.2) is 4.98 Å². The van der Waals surface area contributed by atoms with E-state index in [1.54, 1.807) is 0 Å². The van der Waals surface area contributed by atoms with Crippen molar-refractivity contribution in [3.8, 4) is 11.5 Å². The molecule has 1 heterocycles. The van der Waals surface area contributed by atoms with Crippen molar-refractivity contribution in [2.45, 2.75) is 25.8 Å². The number of carbonyl (C=O) groups excluding carboxylic acids is 1. The first-order chi connectivity index (χ1) is 14.7. The molecule has 0 fully saturated rings. The monoisotopic (exact) mass is 396 g/mol. The zero-order chi connectivity index (χ0) is 20.8. The van der Waals surface area contributed by atoms with Crippen molar-refractivity contribution in [1.29, 1.82) is 0 Å². The van der Waals surface area contributed by atoms with Crippen LogP contribution >= 0.6 is 0 Å². The van der Waals surface area contributed by atoms with Crippen LogP contribution in [0.2, 0.25) is 0 Å². The Morgan fingerprint density at radius 2 is 1.50 bits per heavy atom. The third-order valence-electron chi connectivity index (χ3n) is 5.06. The van der Waals surface area contributed by atoms with Gasteiger partial charge in [-0.15, -0.1) is 0 Å². The van der Waals surface area contributed by atoms with Gasteiger partial charge in [0.2, 0.25) is 11.8 Å². The molecule has 0 aliphatic heterocycles. The number of rotatable bonds is 7. The van der Waals surface area contributed by atoms with Crippen LogP contribution in [0.1, 0.15) is 28.6 Å². The Kier molecular flexibility index (Phi) is 6.04. The number of amides is 1. The van der Waals surface area contributed by atoms with E-state index in [9.17, 15) is 4.79 Å². The number of oxazole rings is 1. The number of benzene rings is 3. The van der Waals surface area contributed by atoms with Gasteiger partial charge in [-0.1, -0.05) is 78.9 Å². The molecule has 4 nitrogen and oxygen atoms in total. The Morgan fingerprint density at radius 3 is 2.17 bits per heavy atom. The smallest absolute Gasteiger partial charge is 0.226 e. The minimum Gasteiger partial charge on any atom is -0.441 e. The van der Waals surface area contributed by atoms with Gasteiger partial charge in [0.05, 0.1) is 18.2 Å². The predicted octanol–water partition coefficient (Wildman–Crippen LogP) is 5.29. The lowest BCUT2D eigenvalue weighted by Crippen LogP contribution is -2.31. The quantitative estimate of drug-likeness (QED) is 0.462. The normalized spacial score (nSPS) is 11.8. The van der Waals surface area contributed by atoms with Crippen molar-refractivity contribution in [3.05, 3.63) is 114 Å². The molecule has 0 saturated heterocycles. The Labute approximate surface area is 176 Å². The number of hydrogen-bond donors (Lipinski definition) is 1. The Hall–Kier alpha value is -3.66. The number of nitrogens with one attached hydrogen (secondary N) is 1. The van der Waals surface area contributed by atoms with Crippen molar-refractivity contribution in [1.82, 2.24) is 10.3 Å². The molecule has 1 atom stereocenters. The molecule has 0 saturated carbocycles. The first-order valence-corrected chi connectivity index (χ1v) is 10.1. The van der Waals surface area contributed by atoms with Gasteiger partial charge in [0.15, 0.2) is 0 Å². The second kappa shape index (κ2) is 9.23. The van der Waals surface area contributed by atoms with Gasteiger partial charge >= 0.3 is 0 Å². The van der Waals surface area contributed by atoms with Crippen LogP contribution in [0.5, 0.6) is 0 Å². The van der Waals surface area contributed by atoms with E-state index in [0.717, 1.165) is 17.5 Å². The van der Waals surface area contributed by atoms with Crippen LogP contribution in [0.3, 0.4) is 0 Å². The molecule has 1 amide bonds. The molecule has 4 aromatic rings. The summed E-state index contributed by atoms with van der Waals surface area (Å²) in [6.45, 7) is 1.85. The summed E-state index contributed by atoms with van der Waals surface area (Å²) in [5, 5.41) is 3.19. The molecule has 0 aliphatic rings. The number of carbonyl (C=O) groups is 1. The molecule has 4 heteroatoms. The SMILES string of the molecule is Cc1oc(-c2ccccc2)nc1CC(=O)NC(Cc1ccccc1)c1ccccc1. The Balaban J connectivity index is 1.50. The lowest BCUT2D eigenvalue weighted by atomic mass is 9.98. The molecule has 150 valence electrons. The van der Waals surface area contributed by atoms with Gasteiger partial charge < -0.3 is 9.73 Å². The van der Waals surface area contributed by atoms with Crippen LogP contribution in [-0.2, 0) is 17.6 Å². The molecule has 0 spiro atoms. The van der Waals surface area contributed by atoms with Crippen LogP contribution in [0, 0.1) is 6.92 Å². The molecule has 30 heavy (non-hydrogen) atoms. The summed E-state index contributed by atoms with van der Waals surface area (Å²) in [5.74, 6) is 1.14. The summed E-state index contributed by atoms with van der Waals surface area (Å²) in [4.78, 5) is 17.4. The van der Waals surface area contributed by atoms with E-state index in [1.165, 1.54) is 5.56 Å². The lowest BCUT2D eigenvalue weighted by molar-refractivity contribution is -0.121. The summed E-state index contributed by atoms with van der Waals surface area (Å²) in [5.41, 5.74) is 3.82. The lowest BCUT2D eigenvalue weighted by Gasteiger charge is -2.19. The predicted molar refractivity (Wildman–Crippen MR) is 118 cm³/mol. The summed E-state index contributed by atoms with van der Waals surface area (Å²) >= 11 is 0. The Morgan fingerprint density at radius 1 is 0.900 bits per heavy atom. The summed E-state index contributed by atoms with van der Waals surface area (Å²) in [6, 6.07) is 29.9. The zero-order valence-electron chi connectivity index (χ0n) is 16.9. The highest BCUT2D eigenvalue weighted by Gasteiger charge is 2.19. The molecular formula is C26H24N2O2. The summed E-state index contributed by atoms with van der Waals surface area (Å²) < 4.78 is 5.80. The molecule has 1 unspecified atom stereocenters. The molecule has 0 radical (unpaired) electrons. The van der Waals surface area contributed by atoms with E-state index in [4.69, 9.17) is 4.42 Å². The second-order valence-electron chi connectivity index (χ2n) is 7.29. The molecule has 1 N–H and O–H groups in total. The number of aromatic nitrogens is 1. The topological polar surface area (TPSA) is 55.1 Å². The van der Waals surface area contributed by atoms with Gasteiger partial charge in [-0.3, -0.25) is 4.79 Å². The summed E-state index contributed by atoms with van der Waals surface area (Å²) in [6.07, 6.45) is 0.907. The molecule has 1 aromatic heterocycles. The largest absolute Gasteiger partial charge is 0.441 e. The van der Waals surface area contributed by atoms with Crippen LogP contribution in [-0.4, -0.2) is 10.9 Å². The third-order valence-corrected chi connectivity index (χ3v) is 5.06. The van der Waals surface area contributed by atoms with E-state index in [-0.39, 0.29) is 18.4 Å². The minimum atomic E-state index is -0.109. The average Bonchev–Trinajstić information content (AvgIpc) is 3.15. The van der Waals surface area contributed by atoms with E-state index in [0.29, 0.717) is 17.3 Å². The Bertz CT molecular complexity index is 1090. The van der Waals surface area contributed by atoms with Crippen LogP contribution in [0.25, 0.3) is 11.5 Å². The van der Waals surface area contributed by atoms with Gasteiger partial charge in [-0.2, -0.15) is 0 Å². The maximum Gasteiger partial charge on any atom is 0.226 e. The van der Waals surface area contributed by atoms with Crippen molar-refractivity contribution in [2.24, 2.45) is 0 Å². The van der Waals surface area contributed by atoms with E-state index < -0.39 is 0 Å². The average molecular weight is 396 g/mol. The van der Waals surface area contributed by atoms with Crippen molar-refractivity contribution in [3.63, 3.8) is 0 Å². The molecule has 3 aromatic carbocycles. The van der Waals surface area contributed by atoms with Crippen molar-refractivity contribution in [2.75, 3.05) is 0 Å². The molecule has 0 bridgehead atoms. The minimum absolute atomic E-state index is 0.0733. The van der Waals surface area contributed by atoms with Gasteiger partial charge in [0.1, 0.15) is 5.76 Å². The first-order valence-electron chi connectivity index (χ1n) is 10.1. The van der Waals surface area contributed by atoms with Crippen LogP contribution in [0.4, 0.5) is 0 Å². The zero-order valence-corrected chi connectivity index (χ0v) is 16.9. The first kappa shape index (κ1) is 19.6. The van der Waals surface area contributed by atoms with Gasteiger partial charge in [0.25, 0.3) is 0 Å².